The summed E-state index contributed by atoms with van der Waals surface area (Å²) in [6.45, 7) is 0.134. The maximum atomic E-state index is 12.8. The van der Waals surface area contributed by atoms with Crippen molar-refractivity contribution in [2.45, 2.75) is 12.7 Å². The van der Waals surface area contributed by atoms with Crippen LogP contribution < -0.4 is 5.32 Å². The first-order valence-corrected chi connectivity index (χ1v) is 8.60. The number of fused-ring (bicyclic) bond motifs is 1. The molecule has 1 N–H and O–H groups in total. The van der Waals surface area contributed by atoms with E-state index in [0.717, 1.165) is 12.1 Å². The Hall–Kier alpha value is -3.75. The maximum absolute atomic E-state index is 12.8. The molecule has 4 aromatic rings. The van der Waals surface area contributed by atoms with Gasteiger partial charge in [-0.1, -0.05) is 12.1 Å². The third-order valence-corrected chi connectivity index (χ3v) is 4.26. The lowest BCUT2D eigenvalue weighted by atomic mass is 10.1. The molecule has 3 heterocycles. The van der Waals surface area contributed by atoms with Crippen LogP contribution in [0.1, 0.15) is 21.6 Å². The Bertz CT molecular complexity index is 1150. The monoisotopic (exact) mass is 397 g/mol. The molecule has 0 aliphatic carbocycles. The molecular weight excluding hydrogens is 383 g/mol. The summed E-state index contributed by atoms with van der Waals surface area (Å²) in [7, 11) is 0. The number of carbonyl (C=O) groups is 1. The van der Waals surface area contributed by atoms with Gasteiger partial charge >= 0.3 is 6.18 Å². The van der Waals surface area contributed by atoms with E-state index >= 15 is 0 Å². The summed E-state index contributed by atoms with van der Waals surface area (Å²) < 4.78 is 40.2. The van der Waals surface area contributed by atoms with E-state index in [9.17, 15) is 18.0 Å². The molecule has 0 saturated heterocycles. The van der Waals surface area contributed by atoms with Crippen molar-refractivity contribution in [3.8, 4) is 11.3 Å². The van der Waals surface area contributed by atoms with Gasteiger partial charge in [-0.2, -0.15) is 13.2 Å². The van der Waals surface area contributed by atoms with Crippen molar-refractivity contribution >= 4 is 11.6 Å². The van der Waals surface area contributed by atoms with Gasteiger partial charge in [0.05, 0.1) is 23.4 Å². The second-order valence-corrected chi connectivity index (χ2v) is 6.24. The Kier molecular flexibility index (Phi) is 4.71. The van der Waals surface area contributed by atoms with Gasteiger partial charge in [0.15, 0.2) is 5.65 Å². The first-order valence-electron chi connectivity index (χ1n) is 8.60. The summed E-state index contributed by atoms with van der Waals surface area (Å²) >= 11 is 0. The number of aromatic nitrogens is 4. The Balaban J connectivity index is 1.63. The van der Waals surface area contributed by atoms with Crippen LogP contribution in [-0.2, 0) is 12.7 Å². The number of imidazole rings is 1. The van der Waals surface area contributed by atoms with Crippen LogP contribution in [0.15, 0.2) is 67.4 Å². The molecule has 0 radical (unpaired) electrons. The molecule has 4 rings (SSSR count). The highest BCUT2D eigenvalue weighted by atomic mass is 19.4. The van der Waals surface area contributed by atoms with Gasteiger partial charge in [0.25, 0.3) is 5.91 Å². The molecule has 0 aliphatic heterocycles. The minimum atomic E-state index is -4.41. The number of carbonyl (C=O) groups excluding carboxylic acids is 1. The van der Waals surface area contributed by atoms with Crippen LogP contribution in [0.25, 0.3) is 16.9 Å². The summed E-state index contributed by atoms with van der Waals surface area (Å²) in [4.78, 5) is 24.9. The zero-order chi connectivity index (χ0) is 20.4. The minimum absolute atomic E-state index is 0.134. The normalized spacial score (nSPS) is 11.6. The standard InChI is InChI=1S/C20H14F3N5O/c21-20(22,23)15-5-3-13(4-6-15)17-18-25-8-9-28(18)12-16(27-17)11-26-19(29)14-2-1-7-24-10-14/h1-10,12H,11H2,(H,26,29). The Morgan fingerprint density at radius 3 is 2.59 bits per heavy atom. The van der Waals surface area contributed by atoms with Crippen molar-refractivity contribution in [3.05, 3.63) is 84.2 Å². The number of pyridine rings is 1. The topological polar surface area (TPSA) is 72.2 Å². The zero-order valence-electron chi connectivity index (χ0n) is 14.9. The lowest BCUT2D eigenvalue weighted by molar-refractivity contribution is -0.137. The summed E-state index contributed by atoms with van der Waals surface area (Å²) in [5.41, 5.74) is 1.64. The predicted octanol–water partition coefficient (Wildman–Crippen LogP) is 3.74. The maximum Gasteiger partial charge on any atom is 0.416 e. The number of halogens is 3. The molecule has 9 heteroatoms. The van der Waals surface area contributed by atoms with Crippen molar-refractivity contribution in [2.24, 2.45) is 0 Å². The molecule has 0 aliphatic rings. The van der Waals surface area contributed by atoms with Crippen LogP contribution in [0.5, 0.6) is 0 Å². The molecular formula is C20H14F3N5O. The van der Waals surface area contributed by atoms with Crippen molar-refractivity contribution in [2.75, 3.05) is 0 Å². The second kappa shape index (κ2) is 7.34. The minimum Gasteiger partial charge on any atom is -0.346 e. The summed E-state index contributed by atoms with van der Waals surface area (Å²) in [5.74, 6) is -0.304. The Morgan fingerprint density at radius 2 is 1.90 bits per heavy atom. The lowest BCUT2D eigenvalue weighted by Crippen LogP contribution is -2.23. The van der Waals surface area contributed by atoms with E-state index in [1.807, 2.05) is 0 Å². The van der Waals surface area contributed by atoms with E-state index in [-0.39, 0.29) is 12.5 Å². The summed E-state index contributed by atoms with van der Waals surface area (Å²) in [6, 6.07) is 8.03. The van der Waals surface area contributed by atoms with Gasteiger partial charge in [-0.05, 0) is 24.3 Å². The molecule has 0 spiro atoms. The van der Waals surface area contributed by atoms with Crippen LogP contribution in [0, 0.1) is 0 Å². The Morgan fingerprint density at radius 1 is 1.10 bits per heavy atom. The molecule has 0 bridgehead atoms. The van der Waals surface area contributed by atoms with E-state index in [4.69, 9.17) is 0 Å². The van der Waals surface area contributed by atoms with Crippen LogP contribution in [0.4, 0.5) is 13.2 Å². The largest absolute Gasteiger partial charge is 0.416 e. The van der Waals surface area contributed by atoms with Gasteiger partial charge in [0.2, 0.25) is 0 Å². The van der Waals surface area contributed by atoms with Gasteiger partial charge in [0, 0.05) is 36.5 Å². The smallest absolute Gasteiger partial charge is 0.346 e. The number of hydrogen-bond acceptors (Lipinski definition) is 4. The fourth-order valence-corrected chi connectivity index (χ4v) is 2.85. The lowest BCUT2D eigenvalue weighted by Gasteiger charge is -2.10. The molecule has 29 heavy (non-hydrogen) atoms. The zero-order valence-corrected chi connectivity index (χ0v) is 14.9. The third-order valence-electron chi connectivity index (χ3n) is 4.26. The average Bonchev–Trinajstić information content (AvgIpc) is 3.20. The van der Waals surface area contributed by atoms with Crippen molar-refractivity contribution in [1.29, 1.82) is 0 Å². The third kappa shape index (κ3) is 3.93. The highest BCUT2D eigenvalue weighted by molar-refractivity contribution is 5.93. The molecule has 146 valence electrons. The van der Waals surface area contributed by atoms with E-state index < -0.39 is 11.7 Å². The molecule has 6 nitrogen and oxygen atoms in total. The van der Waals surface area contributed by atoms with Crippen molar-refractivity contribution in [3.63, 3.8) is 0 Å². The van der Waals surface area contributed by atoms with Crippen molar-refractivity contribution in [1.82, 2.24) is 24.7 Å². The second-order valence-electron chi connectivity index (χ2n) is 6.24. The van der Waals surface area contributed by atoms with Gasteiger partial charge in [0.1, 0.15) is 5.69 Å². The Labute approximate surface area is 163 Å². The number of benzene rings is 1. The van der Waals surface area contributed by atoms with E-state index in [1.165, 1.54) is 18.3 Å². The first-order chi connectivity index (χ1) is 13.9. The molecule has 0 saturated carbocycles. The fourth-order valence-electron chi connectivity index (χ4n) is 2.85. The predicted molar refractivity (Wildman–Crippen MR) is 98.8 cm³/mol. The van der Waals surface area contributed by atoms with E-state index in [2.05, 4.69) is 20.3 Å². The van der Waals surface area contributed by atoms with Crippen molar-refractivity contribution < 1.29 is 18.0 Å². The fraction of sp³-hybridized carbons (Fsp3) is 0.100. The molecule has 1 aromatic carbocycles. The number of rotatable bonds is 4. The highest BCUT2D eigenvalue weighted by Crippen LogP contribution is 2.31. The van der Waals surface area contributed by atoms with Crippen LogP contribution in [0.2, 0.25) is 0 Å². The van der Waals surface area contributed by atoms with Crippen LogP contribution in [0.3, 0.4) is 0 Å². The van der Waals surface area contributed by atoms with Gasteiger partial charge in [-0.25, -0.2) is 9.97 Å². The molecule has 3 aromatic heterocycles. The highest BCUT2D eigenvalue weighted by Gasteiger charge is 2.30. The number of nitrogens with one attached hydrogen (secondary N) is 1. The quantitative estimate of drug-likeness (QED) is 0.570. The van der Waals surface area contributed by atoms with E-state index in [0.29, 0.717) is 28.2 Å². The van der Waals surface area contributed by atoms with Crippen LogP contribution in [-0.4, -0.2) is 25.3 Å². The molecule has 0 fully saturated rings. The number of hydrogen-bond donors (Lipinski definition) is 1. The SMILES string of the molecule is O=C(NCc1cn2ccnc2c(-c2ccc(C(F)(F)F)cc2)n1)c1cccnc1. The van der Waals surface area contributed by atoms with Gasteiger partial charge in [-0.3, -0.25) is 9.78 Å². The first kappa shape index (κ1) is 18.6. The molecule has 0 atom stereocenters. The number of alkyl halides is 3. The summed E-state index contributed by atoms with van der Waals surface area (Å²) in [5, 5.41) is 2.76. The van der Waals surface area contributed by atoms with Crippen LogP contribution >= 0.6 is 0 Å². The molecule has 0 unspecified atom stereocenters. The number of nitrogens with zero attached hydrogens (tertiary/aromatic N) is 4. The van der Waals surface area contributed by atoms with Gasteiger partial charge < -0.3 is 9.72 Å². The average molecular weight is 397 g/mol. The number of amides is 1. The summed E-state index contributed by atoms with van der Waals surface area (Å²) in [6.07, 6.45) is 3.60. The van der Waals surface area contributed by atoms with E-state index in [1.54, 1.807) is 41.3 Å². The van der Waals surface area contributed by atoms with Gasteiger partial charge in [-0.15, -0.1) is 0 Å². The molecule has 1 amide bonds.